The molecule has 5 nitrogen and oxygen atoms in total. The third-order valence-corrected chi connectivity index (χ3v) is 4.23. The van der Waals surface area contributed by atoms with Gasteiger partial charge in [0.05, 0.1) is 12.1 Å². The molecule has 0 saturated carbocycles. The number of carbonyl (C=O) groups is 2. The highest BCUT2D eigenvalue weighted by Crippen LogP contribution is 2.18. The summed E-state index contributed by atoms with van der Waals surface area (Å²) >= 11 is 0. The molecule has 2 saturated heterocycles. The summed E-state index contributed by atoms with van der Waals surface area (Å²) in [5.74, 6) is 0.00465. The van der Waals surface area contributed by atoms with Crippen LogP contribution in [0.4, 0.5) is 0 Å². The summed E-state index contributed by atoms with van der Waals surface area (Å²) in [5, 5.41) is 6.06. The Hall–Kier alpha value is -1.10. The zero-order valence-corrected chi connectivity index (χ0v) is 11.8. The average Bonchev–Trinajstić information content (AvgIpc) is 2.46. The van der Waals surface area contributed by atoms with Crippen LogP contribution in [0.1, 0.15) is 45.4 Å². The lowest BCUT2D eigenvalue weighted by Gasteiger charge is -2.34. The van der Waals surface area contributed by atoms with Gasteiger partial charge < -0.3 is 15.5 Å². The van der Waals surface area contributed by atoms with Crippen LogP contribution >= 0.6 is 0 Å². The number of nitrogens with zero attached hydrogens (tertiary/aromatic N) is 1. The minimum atomic E-state index is -0.500. The van der Waals surface area contributed by atoms with Crippen molar-refractivity contribution in [2.24, 2.45) is 0 Å². The Morgan fingerprint density at radius 1 is 1.16 bits per heavy atom. The van der Waals surface area contributed by atoms with Crippen molar-refractivity contribution in [3.8, 4) is 0 Å². The number of likely N-dealkylation sites (tertiary alicyclic amines) is 1. The first kappa shape index (κ1) is 14.3. The fourth-order valence-corrected chi connectivity index (χ4v) is 2.86. The molecule has 0 aromatic rings. The number of hydrogen-bond acceptors (Lipinski definition) is 3. The molecule has 2 N–H and O–H groups in total. The lowest BCUT2D eigenvalue weighted by molar-refractivity contribution is -0.135. The third-order valence-electron chi connectivity index (χ3n) is 4.23. The first-order chi connectivity index (χ1) is 9.12. The third kappa shape index (κ3) is 3.69. The molecule has 2 aliphatic heterocycles. The van der Waals surface area contributed by atoms with Crippen molar-refractivity contribution in [2.45, 2.75) is 51.0 Å². The molecule has 0 spiro atoms. The lowest BCUT2D eigenvalue weighted by atomic mass is 9.90. The highest BCUT2D eigenvalue weighted by molar-refractivity contribution is 5.90. The molecule has 1 unspecified atom stereocenters. The molecule has 2 heterocycles. The number of amides is 2. The van der Waals surface area contributed by atoms with Gasteiger partial charge in [-0.1, -0.05) is 0 Å². The molecule has 108 valence electrons. The van der Waals surface area contributed by atoms with Crippen molar-refractivity contribution in [3.05, 3.63) is 0 Å². The Morgan fingerprint density at radius 3 is 2.53 bits per heavy atom. The zero-order valence-electron chi connectivity index (χ0n) is 11.8. The van der Waals surface area contributed by atoms with Gasteiger partial charge in [-0.05, 0) is 52.0 Å². The number of rotatable bonds is 3. The van der Waals surface area contributed by atoms with Crippen LogP contribution in [0.2, 0.25) is 0 Å². The van der Waals surface area contributed by atoms with E-state index < -0.39 is 5.54 Å². The number of piperidine rings is 2. The molecule has 0 radical (unpaired) electrons. The zero-order chi connectivity index (χ0) is 13.7. The van der Waals surface area contributed by atoms with Crippen LogP contribution in [0.5, 0.6) is 0 Å². The van der Waals surface area contributed by atoms with E-state index in [0.29, 0.717) is 0 Å². The van der Waals surface area contributed by atoms with E-state index in [4.69, 9.17) is 0 Å². The Balaban J connectivity index is 1.77. The van der Waals surface area contributed by atoms with E-state index >= 15 is 0 Å². The number of nitrogens with one attached hydrogen (secondary N) is 2. The summed E-state index contributed by atoms with van der Waals surface area (Å²) in [6.07, 6.45) is 6.40. The van der Waals surface area contributed by atoms with Crippen LogP contribution in [0.3, 0.4) is 0 Å². The van der Waals surface area contributed by atoms with Crippen molar-refractivity contribution >= 4 is 11.8 Å². The van der Waals surface area contributed by atoms with E-state index in [1.165, 1.54) is 6.42 Å². The quantitative estimate of drug-likeness (QED) is 0.789. The van der Waals surface area contributed by atoms with Gasteiger partial charge in [-0.3, -0.25) is 9.59 Å². The van der Waals surface area contributed by atoms with Crippen molar-refractivity contribution in [1.29, 1.82) is 0 Å². The molecule has 5 heteroatoms. The van der Waals surface area contributed by atoms with Crippen LogP contribution in [-0.2, 0) is 9.59 Å². The van der Waals surface area contributed by atoms with E-state index in [9.17, 15) is 9.59 Å². The second kappa shape index (κ2) is 6.37. The molecule has 0 aromatic carbocycles. The minimum Gasteiger partial charge on any atom is -0.345 e. The predicted octanol–water partition coefficient (Wildman–Crippen LogP) is 0.647. The second-order valence-electron chi connectivity index (χ2n) is 5.84. The lowest BCUT2D eigenvalue weighted by Crippen LogP contribution is -2.58. The fraction of sp³-hybridized carbons (Fsp3) is 0.857. The SMILES string of the molecule is CC1(C(=O)NCC(=O)N2CCCCC2)CCCCN1. The number of hydrogen-bond donors (Lipinski definition) is 2. The maximum Gasteiger partial charge on any atom is 0.241 e. The van der Waals surface area contributed by atoms with Gasteiger partial charge in [0.2, 0.25) is 11.8 Å². The standard InChI is InChI=1S/C14H25N3O2/c1-14(7-3-4-8-16-14)13(19)15-11-12(18)17-9-5-2-6-10-17/h16H,2-11H2,1H3,(H,15,19). The van der Waals surface area contributed by atoms with Gasteiger partial charge in [0.15, 0.2) is 0 Å². The van der Waals surface area contributed by atoms with E-state index in [1.807, 2.05) is 11.8 Å². The smallest absolute Gasteiger partial charge is 0.241 e. The Bertz CT molecular complexity index is 332. The Morgan fingerprint density at radius 2 is 1.89 bits per heavy atom. The summed E-state index contributed by atoms with van der Waals surface area (Å²) in [5.41, 5.74) is -0.500. The maximum atomic E-state index is 12.2. The largest absolute Gasteiger partial charge is 0.345 e. The van der Waals surface area contributed by atoms with Crippen molar-refractivity contribution in [2.75, 3.05) is 26.2 Å². The predicted molar refractivity (Wildman–Crippen MR) is 73.7 cm³/mol. The molecule has 2 fully saturated rings. The summed E-state index contributed by atoms with van der Waals surface area (Å²) in [4.78, 5) is 26.0. The van der Waals surface area contributed by atoms with Gasteiger partial charge in [-0.15, -0.1) is 0 Å². The Kier molecular flexibility index (Phi) is 4.80. The van der Waals surface area contributed by atoms with Crippen LogP contribution in [0.25, 0.3) is 0 Å². The van der Waals surface area contributed by atoms with Gasteiger partial charge in [0, 0.05) is 13.1 Å². The highest BCUT2D eigenvalue weighted by atomic mass is 16.2. The molecule has 0 aliphatic carbocycles. The first-order valence-corrected chi connectivity index (χ1v) is 7.43. The maximum absolute atomic E-state index is 12.2. The Labute approximate surface area is 115 Å². The molecule has 0 bridgehead atoms. The van der Waals surface area contributed by atoms with Crippen LogP contribution in [0.15, 0.2) is 0 Å². The van der Waals surface area contributed by atoms with E-state index in [2.05, 4.69) is 10.6 Å². The highest BCUT2D eigenvalue weighted by Gasteiger charge is 2.34. The van der Waals surface area contributed by atoms with Crippen LogP contribution < -0.4 is 10.6 Å². The van der Waals surface area contributed by atoms with Gasteiger partial charge in [0.25, 0.3) is 0 Å². The van der Waals surface area contributed by atoms with E-state index in [1.54, 1.807) is 0 Å². The number of carbonyl (C=O) groups excluding carboxylic acids is 2. The van der Waals surface area contributed by atoms with E-state index in [0.717, 1.165) is 51.7 Å². The molecule has 1 atom stereocenters. The molecule has 2 aliphatic rings. The van der Waals surface area contributed by atoms with Crippen LogP contribution in [0, 0.1) is 0 Å². The normalized spacial score (nSPS) is 27.9. The van der Waals surface area contributed by atoms with Gasteiger partial charge >= 0.3 is 0 Å². The summed E-state index contributed by atoms with van der Waals surface area (Å²) in [6.45, 7) is 4.61. The van der Waals surface area contributed by atoms with Crippen molar-refractivity contribution < 1.29 is 9.59 Å². The molecule has 19 heavy (non-hydrogen) atoms. The summed E-state index contributed by atoms with van der Waals surface area (Å²) in [7, 11) is 0. The topological polar surface area (TPSA) is 61.4 Å². The molecule has 0 aromatic heterocycles. The van der Waals surface area contributed by atoms with Crippen molar-refractivity contribution in [3.63, 3.8) is 0 Å². The first-order valence-electron chi connectivity index (χ1n) is 7.43. The molecule has 2 amide bonds. The van der Waals surface area contributed by atoms with Crippen molar-refractivity contribution in [1.82, 2.24) is 15.5 Å². The summed E-state index contributed by atoms with van der Waals surface area (Å²) in [6, 6.07) is 0. The fourth-order valence-electron chi connectivity index (χ4n) is 2.86. The second-order valence-corrected chi connectivity index (χ2v) is 5.84. The minimum absolute atomic E-state index is 0.0439. The summed E-state index contributed by atoms with van der Waals surface area (Å²) < 4.78 is 0. The van der Waals surface area contributed by atoms with E-state index in [-0.39, 0.29) is 18.4 Å². The van der Waals surface area contributed by atoms with Gasteiger partial charge in [-0.25, -0.2) is 0 Å². The molecular weight excluding hydrogens is 242 g/mol. The molecule has 2 rings (SSSR count). The van der Waals surface area contributed by atoms with Gasteiger partial charge in [0.1, 0.15) is 0 Å². The molecular formula is C14H25N3O2. The van der Waals surface area contributed by atoms with Gasteiger partial charge in [-0.2, -0.15) is 0 Å². The monoisotopic (exact) mass is 267 g/mol. The average molecular weight is 267 g/mol. The van der Waals surface area contributed by atoms with Crippen LogP contribution in [-0.4, -0.2) is 48.4 Å².